The Bertz CT molecular complexity index is 441. The molecular formula is C11H15N5. The second kappa shape index (κ2) is 4.09. The van der Waals surface area contributed by atoms with Gasteiger partial charge in [-0.25, -0.2) is 4.98 Å². The highest BCUT2D eigenvalue weighted by molar-refractivity contribution is 5.04. The highest BCUT2D eigenvalue weighted by Gasteiger charge is 2.24. The molecule has 1 fully saturated rings. The van der Waals surface area contributed by atoms with E-state index in [2.05, 4.69) is 25.1 Å². The van der Waals surface area contributed by atoms with Crippen LogP contribution in [0.2, 0.25) is 0 Å². The second-order valence-corrected chi connectivity index (χ2v) is 4.21. The van der Waals surface area contributed by atoms with Crippen molar-refractivity contribution >= 4 is 0 Å². The molecule has 16 heavy (non-hydrogen) atoms. The van der Waals surface area contributed by atoms with Gasteiger partial charge in [-0.15, -0.1) is 0 Å². The predicted octanol–water partition coefficient (Wildman–Crippen LogP) is 1.23. The van der Waals surface area contributed by atoms with Gasteiger partial charge in [0.1, 0.15) is 0 Å². The zero-order valence-electron chi connectivity index (χ0n) is 9.06. The average molecular weight is 217 g/mol. The van der Waals surface area contributed by atoms with Crippen LogP contribution in [0.25, 0.3) is 0 Å². The zero-order valence-corrected chi connectivity index (χ0v) is 9.06. The van der Waals surface area contributed by atoms with Crippen molar-refractivity contribution in [3.8, 4) is 0 Å². The molecule has 0 radical (unpaired) electrons. The van der Waals surface area contributed by atoms with Crippen molar-refractivity contribution in [3.05, 3.63) is 36.2 Å². The van der Waals surface area contributed by atoms with Gasteiger partial charge in [-0.1, -0.05) is 0 Å². The van der Waals surface area contributed by atoms with Crippen LogP contribution in [0.4, 0.5) is 0 Å². The molecule has 0 saturated heterocycles. The number of hydrogen-bond acceptors (Lipinski definition) is 3. The van der Waals surface area contributed by atoms with Crippen LogP contribution in [0.15, 0.2) is 24.8 Å². The van der Waals surface area contributed by atoms with Gasteiger partial charge in [-0.05, 0) is 18.9 Å². The van der Waals surface area contributed by atoms with Crippen LogP contribution in [0.1, 0.15) is 30.3 Å². The Balaban J connectivity index is 1.56. The van der Waals surface area contributed by atoms with E-state index in [4.69, 9.17) is 0 Å². The van der Waals surface area contributed by atoms with Gasteiger partial charge in [0.2, 0.25) is 0 Å². The first-order valence-corrected chi connectivity index (χ1v) is 5.63. The zero-order chi connectivity index (χ0) is 10.8. The number of aromatic nitrogens is 4. The molecule has 0 spiro atoms. The SMILES string of the molecule is c1cc(CNCc2cncn2C2CC2)[nH]n1. The molecule has 0 aliphatic heterocycles. The average Bonchev–Trinajstić information content (AvgIpc) is 2.82. The fraction of sp³-hybridized carbons (Fsp3) is 0.455. The standard InChI is InChI=1S/C11H15N5/c1-2-10(1)16-8-13-7-11(16)6-12-5-9-3-4-14-15-9/h3-4,7-8,10,12H,1-2,5-6H2,(H,14,15). The summed E-state index contributed by atoms with van der Waals surface area (Å²) in [7, 11) is 0. The monoisotopic (exact) mass is 217 g/mol. The summed E-state index contributed by atoms with van der Waals surface area (Å²) in [6.07, 6.45) is 8.24. The van der Waals surface area contributed by atoms with E-state index >= 15 is 0 Å². The van der Waals surface area contributed by atoms with E-state index in [0.29, 0.717) is 6.04 Å². The second-order valence-electron chi connectivity index (χ2n) is 4.21. The summed E-state index contributed by atoms with van der Waals surface area (Å²) in [4.78, 5) is 4.20. The lowest BCUT2D eigenvalue weighted by molar-refractivity contribution is 0.614. The van der Waals surface area contributed by atoms with Crippen LogP contribution in [-0.2, 0) is 13.1 Å². The molecule has 5 heteroatoms. The third-order valence-electron chi connectivity index (χ3n) is 2.87. The fourth-order valence-electron chi connectivity index (χ4n) is 1.86. The summed E-state index contributed by atoms with van der Waals surface area (Å²) in [6.45, 7) is 1.67. The lowest BCUT2D eigenvalue weighted by Gasteiger charge is -2.07. The van der Waals surface area contributed by atoms with Crippen molar-refractivity contribution in [1.29, 1.82) is 0 Å². The summed E-state index contributed by atoms with van der Waals surface area (Å²) < 4.78 is 2.28. The number of rotatable bonds is 5. The number of imidazole rings is 1. The van der Waals surface area contributed by atoms with Crippen molar-refractivity contribution in [2.45, 2.75) is 32.0 Å². The Labute approximate surface area is 93.9 Å². The van der Waals surface area contributed by atoms with Crippen molar-refractivity contribution in [1.82, 2.24) is 25.1 Å². The summed E-state index contributed by atoms with van der Waals surface area (Å²) in [6, 6.07) is 2.68. The number of H-pyrrole nitrogens is 1. The summed E-state index contributed by atoms with van der Waals surface area (Å²) in [5.74, 6) is 0. The van der Waals surface area contributed by atoms with Crippen molar-refractivity contribution in [2.24, 2.45) is 0 Å². The van der Waals surface area contributed by atoms with E-state index in [-0.39, 0.29) is 0 Å². The van der Waals surface area contributed by atoms with Crippen LogP contribution < -0.4 is 5.32 Å². The number of nitrogens with zero attached hydrogens (tertiary/aromatic N) is 3. The predicted molar refractivity (Wildman–Crippen MR) is 59.6 cm³/mol. The van der Waals surface area contributed by atoms with Crippen molar-refractivity contribution in [2.75, 3.05) is 0 Å². The molecule has 1 aliphatic rings. The first-order valence-electron chi connectivity index (χ1n) is 5.63. The molecule has 2 aromatic heterocycles. The fourth-order valence-corrected chi connectivity index (χ4v) is 1.86. The first kappa shape index (κ1) is 9.59. The van der Waals surface area contributed by atoms with E-state index < -0.39 is 0 Å². The highest BCUT2D eigenvalue weighted by atomic mass is 15.1. The molecule has 5 nitrogen and oxygen atoms in total. The maximum Gasteiger partial charge on any atom is 0.0951 e. The largest absolute Gasteiger partial charge is 0.330 e. The smallest absolute Gasteiger partial charge is 0.0951 e. The molecule has 2 aromatic rings. The van der Waals surface area contributed by atoms with E-state index in [9.17, 15) is 0 Å². The molecule has 0 amide bonds. The van der Waals surface area contributed by atoms with Gasteiger partial charge in [0.15, 0.2) is 0 Å². The van der Waals surface area contributed by atoms with Crippen molar-refractivity contribution < 1.29 is 0 Å². The molecule has 1 saturated carbocycles. The maximum absolute atomic E-state index is 4.20. The van der Waals surface area contributed by atoms with Gasteiger partial charge in [0.25, 0.3) is 0 Å². The Morgan fingerprint density at radius 1 is 1.44 bits per heavy atom. The van der Waals surface area contributed by atoms with Gasteiger partial charge in [0, 0.05) is 37.2 Å². The third kappa shape index (κ3) is 1.99. The number of aromatic amines is 1. The minimum absolute atomic E-state index is 0.700. The molecule has 0 unspecified atom stereocenters. The van der Waals surface area contributed by atoms with E-state index in [1.807, 2.05) is 18.6 Å². The first-order chi connectivity index (χ1) is 7.93. The van der Waals surface area contributed by atoms with Crippen LogP contribution in [0.3, 0.4) is 0 Å². The summed E-state index contributed by atoms with van der Waals surface area (Å²) in [5.41, 5.74) is 2.37. The molecule has 1 aliphatic carbocycles. The molecule has 0 bridgehead atoms. The lowest BCUT2D eigenvalue weighted by atomic mass is 10.4. The van der Waals surface area contributed by atoms with E-state index in [1.54, 1.807) is 6.20 Å². The molecule has 2 heterocycles. The van der Waals surface area contributed by atoms with E-state index in [0.717, 1.165) is 18.8 Å². The molecule has 84 valence electrons. The Morgan fingerprint density at radius 3 is 3.12 bits per heavy atom. The minimum atomic E-state index is 0.700. The van der Waals surface area contributed by atoms with Gasteiger partial charge < -0.3 is 9.88 Å². The van der Waals surface area contributed by atoms with Crippen LogP contribution >= 0.6 is 0 Å². The molecule has 0 aromatic carbocycles. The molecule has 0 atom stereocenters. The van der Waals surface area contributed by atoms with Gasteiger partial charge >= 0.3 is 0 Å². The van der Waals surface area contributed by atoms with Gasteiger partial charge in [-0.3, -0.25) is 5.10 Å². The number of nitrogens with one attached hydrogen (secondary N) is 2. The molecule has 2 N–H and O–H groups in total. The Kier molecular flexibility index (Phi) is 2.46. The lowest BCUT2D eigenvalue weighted by Crippen LogP contribution is -2.15. The van der Waals surface area contributed by atoms with E-state index in [1.165, 1.54) is 18.5 Å². The van der Waals surface area contributed by atoms with Crippen molar-refractivity contribution in [3.63, 3.8) is 0 Å². The number of hydrogen-bond donors (Lipinski definition) is 2. The molecular weight excluding hydrogens is 202 g/mol. The van der Waals surface area contributed by atoms with Crippen LogP contribution in [0.5, 0.6) is 0 Å². The quantitative estimate of drug-likeness (QED) is 0.792. The molecule has 3 rings (SSSR count). The van der Waals surface area contributed by atoms with Crippen LogP contribution in [0, 0.1) is 0 Å². The minimum Gasteiger partial charge on any atom is -0.330 e. The summed E-state index contributed by atoms with van der Waals surface area (Å²) >= 11 is 0. The highest BCUT2D eigenvalue weighted by Crippen LogP contribution is 2.35. The summed E-state index contributed by atoms with van der Waals surface area (Å²) in [5, 5.41) is 10.2. The van der Waals surface area contributed by atoms with Gasteiger partial charge in [0.05, 0.1) is 12.0 Å². The van der Waals surface area contributed by atoms with Gasteiger partial charge in [-0.2, -0.15) is 5.10 Å². The Hall–Kier alpha value is -1.62. The van der Waals surface area contributed by atoms with Crippen LogP contribution in [-0.4, -0.2) is 19.7 Å². The normalized spacial score (nSPS) is 15.5. The maximum atomic E-state index is 4.20. The Morgan fingerprint density at radius 2 is 2.38 bits per heavy atom. The topological polar surface area (TPSA) is 58.5 Å². The third-order valence-corrected chi connectivity index (χ3v) is 2.87.